The maximum Gasteiger partial charge on any atom is 0.0991 e. The van der Waals surface area contributed by atoms with Gasteiger partial charge in [0.1, 0.15) is 0 Å². The summed E-state index contributed by atoms with van der Waals surface area (Å²) in [6.07, 6.45) is 7.00. The highest BCUT2D eigenvalue weighted by molar-refractivity contribution is 5.31. The lowest BCUT2D eigenvalue weighted by atomic mass is 9.87. The average Bonchev–Trinajstić information content (AvgIpc) is 2.95. The van der Waals surface area contributed by atoms with E-state index in [1.165, 1.54) is 37.7 Å². The molecule has 3 heteroatoms. The highest BCUT2D eigenvalue weighted by Crippen LogP contribution is 2.35. The molecule has 0 spiro atoms. The number of likely N-dealkylation sites (tertiary alicyclic amines) is 1. The number of nitriles is 1. The van der Waals surface area contributed by atoms with Crippen LogP contribution in [-0.4, -0.2) is 28.7 Å². The van der Waals surface area contributed by atoms with Crippen molar-refractivity contribution >= 4 is 0 Å². The van der Waals surface area contributed by atoms with Gasteiger partial charge in [0.2, 0.25) is 0 Å². The first-order valence-corrected chi connectivity index (χ1v) is 8.19. The van der Waals surface area contributed by atoms with Crippen LogP contribution in [0.25, 0.3) is 0 Å². The van der Waals surface area contributed by atoms with Crippen LogP contribution < -0.4 is 0 Å². The van der Waals surface area contributed by atoms with Crippen molar-refractivity contribution in [2.75, 3.05) is 6.54 Å². The lowest BCUT2D eigenvalue weighted by Gasteiger charge is -2.40. The van der Waals surface area contributed by atoms with Gasteiger partial charge in [-0.3, -0.25) is 4.90 Å². The predicted molar refractivity (Wildman–Crippen MR) is 82.6 cm³/mol. The van der Waals surface area contributed by atoms with Gasteiger partial charge < -0.3 is 5.11 Å². The van der Waals surface area contributed by atoms with E-state index in [1.54, 1.807) is 0 Å². The lowest BCUT2D eigenvalue weighted by molar-refractivity contribution is 0.0313. The van der Waals surface area contributed by atoms with Crippen LogP contribution in [0.1, 0.15) is 49.7 Å². The minimum absolute atomic E-state index is 0.100. The Morgan fingerprint density at radius 1 is 1.10 bits per heavy atom. The summed E-state index contributed by atoms with van der Waals surface area (Å²) in [4.78, 5) is 2.56. The molecule has 1 N–H and O–H groups in total. The Morgan fingerprint density at radius 3 is 2.57 bits per heavy atom. The summed E-state index contributed by atoms with van der Waals surface area (Å²) < 4.78 is 0. The highest BCUT2D eigenvalue weighted by atomic mass is 16.3. The molecule has 2 aliphatic rings. The first-order valence-electron chi connectivity index (χ1n) is 8.19. The van der Waals surface area contributed by atoms with Crippen LogP contribution in [0.2, 0.25) is 0 Å². The Balaban J connectivity index is 1.70. The molecule has 3 unspecified atom stereocenters. The molecule has 1 heterocycles. The summed E-state index contributed by atoms with van der Waals surface area (Å²) in [6, 6.07) is 10.6. The number of nitrogens with zero attached hydrogens (tertiary/aromatic N) is 2. The summed E-state index contributed by atoms with van der Waals surface area (Å²) in [6.45, 7) is 2.08. The van der Waals surface area contributed by atoms with E-state index >= 15 is 0 Å². The van der Waals surface area contributed by atoms with Crippen LogP contribution in [0.15, 0.2) is 24.3 Å². The fourth-order valence-electron chi connectivity index (χ4n) is 4.04. The summed E-state index contributed by atoms with van der Waals surface area (Å²) in [5.74, 6) is 0.462. The second kappa shape index (κ2) is 6.60. The van der Waals surface area contributed by atoms with Crippen molar-refractivity contribution in [1.29, 1.82) is 5.26 Å². The van der Waals surface area contributed by atoms with E-state index < -0.39 is 0 Å². The zero-order valence-corrected chi connectivity index (χ0v) is 12.5. The van der Waals surface area contributed by atoms with Gasteiger partial charge in [-0.15, -0.1) is 0 Å². The monoisotopic (exact) mass is 284 g/mol. The van der Waals surface area contributed by atoms with Crippen LogP contribution >= 0.6 is 0 Å². The maximum atomic E-state index is 10.2. The fourth-order valence-corrected chi connectivity index (χ4v) is 4.04. The van der Waals surface area contributed by atoms with Crippen LogP contribution in [0.5, 0.6) is 0 Å². The van der Waals surface area contributed by atoms with E-state index in [0.29, 0.717) is 12.0 Å². The van der Waals surface area contributed by atoms with Gasteiger partial charge >= 0.3 is 0 Å². The van der Waals surface area contributed by atoms with E-state index in [-0.39, 0.29) is 6.10 Å². The first kappa shape index (κ1) is 14.6. The molecule has 0 radical (unpaired) electrons. The molecule has 1 aliphatic carbocycles. The molecule has 1 saturated heterocycles. The van der Waals surface area contributed by atoms with Gasteiger partial charge in [0.05, 0.1) is 17.7 Å². The third-order valence-corrected chi connectivity index (χ3v) is 5.16. The van der Waals surface area contributed by atoms with Crippen LogP contribution in [0.3, 0.4) is 0 Å². The Bertz CT molecular complexity index is 505. The molecule has 0 bridgehead atoms. The van der Waals surface area contributed by atoms with E-state index in [0.717, 1.165) is 25.1 Å². The number of rotatable bonds is 3. The topological polar surface area (TPSA) is 47.3 Å². The lowest BCUT2D eigenvalue weighted by Crippen LogP contribution is -2.45. The van der Waals surface area contributed by atoms with Crippen molar-refractivity contribution in [2.45, 2.75) is 57.2 Å². The number of piperidine rings is 1. The van der Waals surface area contributed by atoms with Gasteiger partial charge in [0.25, 0.3) is 0 Å². The van der Waals surface area contributed by atoms with Gasteiger partial charge in [0, 0.05) is 18.5 Å². The molecule has 3 atom stereocenters. The fraction of sp³-hybridized carbons (Fsp3) is 0.611. The van der Waals surface area contributed by atoms with Crippen LogP contribution in [0, 0.1) is 17.2 Å². The molecule has 112 valence electrons. The number of hydrogen-bond donors (Lipinski definition) is 1. The molecule has 0 aromatic heterocycles. The summed E-state index contributed by atoms with van der Waals surface area (Å²) in [7, 11) is 0. The molecule has 1 aromatic rings. The van der Waals surface area contributed by atoms with Crippen molar-refractivity contribution in [3.05, 3.63) is 35.4 Å². The molecule has 21 heavy (non-hydrogen) atoms. The molecule has 3 nitrogen and oxygen atoms in total. The Kier molecular flexibility index (Phi) is 4.57. The summed E-state index contributed by atoms with van der Waals surface area (Å²) in [5.41, 5.74) is 1.99. The van der Waals surface area contributed by atoms with Gasteiger partial charge in [-0.25, -0.2) is 0 Å². The average molecular weight is 284 g/mol. The SMILES string of the molecule is N#Cc1ccc(CN2CCCCC2C2CCCC2O)cc1. The van der Waals surface area contributed by atoms with Crippen molar-refractivity contribution in [2.24, 2.45) is 5.92 Å². The number of benzene rings is 1. The van der Waals surface area contributed by atoms with E-state index in [1.807, 2.05) is 12.1 Å². The third-order valence-electron chi connectivity index (χ3n) is 5.16. The number of aliphatic hydroxyl groups excluding tert-OH is 1. The van der Waals surface area contributed by atoms with Gasteiger partial charge in [-0.05, 0) is 49.9 Å². The molecule has 3 rings (SSSR count). The van der Waals surface area contributed by atoms with E-state index in [2.05, 4.69) is 23.1 Å². The highest BCUT2D eigenvalue weighted by Gasteiger charge is 2.36. The Morgan fingerprint density at radius 2 is 1.90 bits per heavy atom. The van der Waals surface area contributed by atoms with Crippen molar-refractivity contribution in [3.63, 3.8) is 0 Å². The molecular weight excluding hydrogens is 260 g/mol. The number of hydrogen-bond acceptors (Lipinski definition) is 3. The second-order valence-corrected chi connectivity index (χ2v) is 6.50. The number of aliphatic hydroxyl groups is 1. The van der Waals surface area contributed by atoms with E-state index in [4.69, 9.17) is 5.26 Å². The molecule has 0 amide bonds. The predicted octanol–water partition coefficient (Wildman–Crippen LogP) is 3.07. The Hall–Kier alpha value is -1.37. The largest absolute Gasteiger partial charge is 0.393 e. The minimum Gasteiger partial charge on any atom is -0.393 e. The molecule has 1 aromatic carbocycles. The van der Waals surface area contributed by atoms with Gasteiger partial charge in [-0.2, -0.15) is 5.26 Å². The normalized spacial score (nSPS) is 30.2. The zero-order valence-electron chi connectivity index (χ0n) is 12.5. The molecule has 1 saturated carbocycles. The zero-order chi connectivity index (χ0) is 14.7. The molecule has 2 fully saturated rings. The second-order valence-electron chi connectivity index (χ2n) is 6.50. The standard InChI is InChI=1S/C18H24N2O/c19-12-14-7-9-15(10-8-14)13-20-11-2-1-5-17(20)16-4-3-6-18(16)21/h7-10,16-18,21H,1-6,11,13H2. The van der Waals surface area contributed by atoms with Crippen LogP contribution in [0.4, 0.5) is 0 Å². The van der Waals surface area contributed by atoms with Gasteiger partial charge in [-0.1, -0.05) is 25.0 Å². The summed E-state index contributed by atoms with van der Waals surface area (Å²) in [5, 5.41) is 19.1. The third kappa shape index (κ3) is 3.28. The maximum absolute atomic E-state index is 10.2. The van der Waals surface area contributed by atoms with Crippen molar-refractivity contribution < 1.29 is 5.11 Å². The summed E-state index contributed by atoms with van der Waals surface area (Å²) >= 11 is 0. The van der Waals surface area contributed by atoms with Crippen molar-refractivity contribution in [3.8, 4) is 6.07 Å². The minimum atomic E-state index is -0.100. The molecular formula is C18H24N2O. The smallest absolute Gasteiger partial charge is 0.0991 e. The van der Waals surface area contributed by atoms with Crippen LogP contribution in [-0.2, 0) is 6.54 Å². The quantitative estimate of drug-likeness (QED) is 0.928. The van der Waals surface area contributed by atoms with E-state index in [9.17, 15) is 5.11 Å². The Labute approximate surface area is 127 Å². The van der Waals surface area contributed by atoms with Crippen molar-refractivity contribution in [1.82, 2.24) is 4.90 Å². The van der Waals surface area contributed by atoms with Gasteiger partial charge in [0.15, 0.2) is 0 Å². The molecule has 1 aliphatic heterocycles. The first-order chi connectivity index (χ1) is 10.3.